The second kappa shape index (κ2) is 11.2. The van der Waals surface area contributed by atoms with Crippen molar-refractivity contribution in [1.29, 1.82) is 0 Å². The SMILES string of the molecule is CNC(=O)C1=C(O)[C@@]2(O)C(=O)C3=C(O)c4c(O)ccc(CN(CC(C)C)CC(C)C)c4C[C@H]3C[C@H]2C(N(C)C)C1=O. The highest BCUT2D eigenvalue weighted by Crippen LogP contribution is 2.53. The van der Waals surface area contributed by atoms with Gasteiger partial charge in [0.25, 0.3) is 5.91 Å². The Morgan fingerprint density at radius 3 is 2.22 bits per heavy atom. The molecule has 10 nitrogen and oxygen atoms in total. The summed E-state index contributed by atoms with van der Waals surface area (Å²) < 4.78 is 0. The average molecular weight is 570 g/mol. The number of aliphatic hydroxyl groups is 3. The first-order valence-corrected chi connectivity index (χ1v) is 14.3. The topological polar surface area (TPSA) is 151 Å². The van der Waals surface area contributed by atoms with Gasteiger partial charge in [-0.3, -0.25) is 24.2 Å². The van der Waals surface area contributed by atoms with E-state index in [0.717, 1.165) is 24.2 Å². The third-order valence-electron chi connectivity index (χ3n) is 8.55. The van der Waals surface area contributed by atoms with Crippen molar-refractivity contribution in [2.45, 2.75) is 58.7 Å². The van der Waals surface area contributed by atoms with E-state index < -0.39 is 58.0 Å². The van der Waals surface area contributed by atoms with E-state index in [-0.39, 0.29) is 23.3 Å². The third kappa shape index (κ3) is 5.06. The number of amides is 1. The molecular weight excluding hydrogens is 526 g/mol. The number of nitrogens with one attached hydrogen (secondary N) is 1. The zero-order valence-corrected chi connectivity index (χ0v) is 25.0. The number of benzene rings is 1. The summed E-state index contributed by atoms with van der Waals surface area (Å²) in [5.41, 5.74) is -1.59. The summed E-state index contributed by atoms with van der Waals surface area (Å²) in [6, 6.07) is 2.29. The summed E-state index contributed by atoms with van der Waals surface area (Å²) in [6.07, 6.45) is 0.395. The standard InChI is InChI=1S/C31H43N3O7/c1-15(2)12-34(13-16(3)4)14-17-8-9-21(35)23-19(17)10-18-11-20-25(33(6)7)27(37)24(30(40)32-5)29(39)31(20,41)28(38)22(18)26(23)36/h8-9,15-16,18,20,25,35-36,39,41H,10-14H2,1-7H3,(H,32,40)/t18-,20-,25?,31-/m0/s1. The van der Waals surface area contributed by atoms with Crippen molar-refractivity contribution in [3.63, 3.8) is 0 Å². The number of hydrogen-bond donors (Lipinski definition) is 5. The summed E-state index contributed by atoms with van der Waals surface area (Å²) in [5, 5.41) is 47.7. The molecule has 3 aliphatic rings. The maximum absolute atomic E-state index is 14.1. The summed E-state index contributed by atoms with van der Waals surface area (Å²) in [4.78, 5) is 44.0. The fourth-order valence-corrected chi connectivity index (χ4v) is 7.04. The lowest BCUT2D eigenvalue weighted by Crippen LogP contribution is -2.65. The van der Waals surface area contributed by atoms with Crippen LogP contribution in [0.5, 0.6) is 5.75 Å². The van der Waals surface area contributed by atoms with Gasteiger partial charge in [-0.1, -0.05) is 33.8 Å². The molecule has 0 heterocycles. The van der Waals surface area contributed by atoms with E-state index in [1.165, 1.54) is 13.1 Å². The van der Waals surface area contributed by atoms with Crippen LogP contribution < -0.4 is 5.32 Å². The fraction of sp³-hybridized carbons (Fsp3) is 0.581. The predicted octanol–water partition coefficient (Wildman–Crippen LogP) is 2.34. The first kappa shape index (κ1) is 30.7. The minimum Gasteiger partial charge on any atom is -0.508 e. The Hall–Kier alpha value is -3.21. The molecule has 41 heavy (non-hydrogen) atoms. The smallest absolute Gasteiger partial charge is 0.258 e. The number of rotatable bonds is 8. The molecule has 1 saturated carbocycles. The van der Waals surface area contributed by atoms with Crippen LogP contribution in [0.2, 0.25) is 0 Å². The lowest BCUT2D eigenvalue weighted by molar-refractivity contribution is -0.153. The molecule has 0 bridgehead atoms. The number of carbonyl (C=O) groups is 3. The second-order valence-corrected chi connectivity index (χ2v) is 12.8. The Balaban J connectivity index is 1.87. The van der Waals surface area contributed by atoms with Crippen LogP contribution in [-0.2, 0) is 27.3 Å². The van der Waals surface area contributed by atoms with Gasteiger partial charge in [0.15, 0.2) is 11.4 Å². The minimum absolute atomic E-state index is 0.0948. The normalized spacial score (nSPS) is 26.2. The van der Waals surface area contributed by atoms with Gasteiger partial charge in [-0.15, -0.1) is 0 Å². The van der Waals surface area contributed by atoms with Gasteiger partial charge in [-0.25, -0.2) is 0 Å². The fourth-order valence-electron chi connectivity index (χ4n) is 7.04. The van der Waals surface area contributed by atoms with Crippen LogP contribution in [0, 0.1) is 23.7 Å². The molecule has 0 aromatic heterocycles. The number of ketones is 2. The number of phenols is 1. The first-order valence-electron chi connectivity index (χ1n) is 14.3. The molecule has 4 rings (SSSR count). The highest BCUT2D eigenvalue weighted by molar-refractivity contribution is 6.24. The van der Waals surface area contributed by atoms with Crippen LogP contribution in [0.3, 0.4) is 0 Å². The van der Waals surface area contributed by atoms with Gasteiger partial charge in [0.05, 0.1) is 11.6 Å². The minimum atomic E-state index is -2.60. The van der Waals surface area contributed by atoms with Crippen molar-refractivity contribution in [1.82, 2.24) is 15.1 Å². The van der Waals surface area contributed by atoms with E-state index in [4.69, 9.17) is 0 Å². The second-order valence-electron chi connectivity index (χ2n) is 12.8. The Morgan fingerprint density at radius 2 is 1.68 bits per heavy atom. The van der Waals surface area contributed by atoms with Crippen molar-refractivity contribution < 1.29 is 34.8 Å². The van der Waals surface area contributed by atoms with Gasteiger partial charge in [0.1, 0.15) is 22.8 Å². The van der Waals surface area contributed by atoms with Crippen LogP contribution in [0.4, 0.5) is 0 Å². The van der Waals surface area contributed by atoms with E-state index in [1.54, 1.807) is 19.0 Å². The van der Waals surface area contributed by atoms with Gasteiger partial charge in [-0.2, -0.15) is 0 Å². The largest absolute Gasteiger partial charge is 0.508 e. The van der Waals surface area contributed by atoms with E-state index in [2.05, 4.69) is 37.9 Å². The highest BCUT2D eigenvalue weighted by atomic mass is 16.3. The summed E-state index contributed by atoms with van der Waals surface area (Å²) in [5.74, 6) is -4.97. The number of fused-ring (bicyclic) bond motifs is 3. The number of aliphatic hydroxyl groups excluding tert-OH is 2. The van der Waals surface area contributed by atoms with Crippen LogP contribution in [0.25, 0.3) is 5.76 Å². The molecule has 1 aromatic rings. The van der Waals surface area contributed by atoms with Crippen LogP contribution >= 0.6 is 0 Å². The Labute approximate surface area is 241 Å². The maximum atomic E-state index is 14.1. The molecule has 4 atom stereocenters. The molecule has 1 fully saturated rings. The number of likely N-dealkylation sites (N-methyl/N-ethyl adjacent to an activating group) is 2. The van der Waals surface area contributed by atoms with Gasteiger partial charge in [0.2, 0.25) is 5.78 Å². The zero-order valence-electron chi connectivity index (χ0n) is 25.0. The van der Waals surface area contributed by atoms with E-state index in [9.17, 15) is 34.8 Å². The zero-order chi connectivity index (χ0) is 30.5. The number of Topliss-reactive ketones (excluding diaryl/α,β-unsaturated/α-hetero) is 2. The van der Waals surface area contributed by atoms with Gasteiger partial charge < -0.3 is 25.7 Å². The maximum Gasteiger partial charge on any atom is 0.258 e. The van der Waals surface area contributed by atoms with Gasteiger partial charge >= 0.3 is 0 Å². The van der Waals surface area contributed by atoms with Gasteiger partial charge in [-0.05, 0) is 61.9 Å². The third-order valence-corrected chi connectivity index (χ3v) is 8.55. The molecule has 0 spiro atoms. The molecule has 1 unspecified atom stereocenters. The summed E-state index contributed by atoms with van der Waals surface area (Å²) >= 11 is 0. The average Bonchev–Trinajstić information content (AvgIpc) is 2.86. The molecule has 224 valence electrons. The van der Waals surface area contributed by atoms with Crippen LogP contribution in [-0.4, -0.2) is 93.6 Å². The number of hydrogen-bond acceptors (Lipinski definition) is 9. The number of aromatic hydroxyl groups is 1. The van der Waals surface area contributed by atoms with Crippen molar-refractivity contribution in [2.75, 3.05) is 34.2 Å². The molecule has 10 heteroatoms. The monoisotopic (exact) mass is 569 g/mol. The molecule has 5 N–H and O–H groups in total. The Morgan fingerprint density at radius 1 is 1.07 bits per heavy atom. The molecule has 0 saturated heterocycles. The number of nitrogens with zero attached hydrogens (tertiary/aromatic N) is 2. The molecule has 1 aromatic carbocycles. The molecule has 3 aliphatic carbocycles. The number of carbonyl (C=O) groups excluding carboxylic acids is 3. The molecule has 0 aliphatic heterocycles. The molecule has 0 radical (unpaired) electrons. The van der Waals surface area contributed by atoms with Crippen LogP contribution in [0.1, 0.15) is 50.8 Å². The summed E-state index contributed by atoms with van der Waals surface area (Å²) in [6.45, 7) is 10.9. The van der Waals surface area contributed by atoms with E-state index >= 15 is 0 Å². The lowest BCUT2D eigenvalue weighted by atomic mass is 9.57. The van der Waals surface area contributed by atoms with Crippen molar-refractivity contribution in [3.05, 3.63) is 45.7 Å². The van der Waals surface area contributed by atoms with E-state index in [0.29, 0.717) is 24.8 Å². The summed E-state index contributed by atoms with van der Waals surface area (Å²) in [7, 11) is 4.51. The van der Waals surface area contributed by atoms with Crippen LogP contribution in [0.15, 0.2) is 29.0 Å². The Kier molecular flexibility index (Phi) is 8.42. The van der Waals surface area contributed by atoms with Crippen molar-refractivity contribution in [2.24, 2.45) is 23.7 Å². The van der Waals surface area contributed by atoms with E-state index in [1.807, 2.05) is 6.07 Å². The number of phenolic OH excluding ortho intramolecular Hbond substituents is 1. The Bertz CT molecular complexity index is 1320. The van der Waals surface area contributed by atoms with Crippen molar-refractivity contribution in [3.8, 4) is 5.75 Å². The first-order chi connectivity index (χ1) is 19.1. The van der Waals surface area contributed by atoms with Gasteiger partial charge in [0, 0.05) is 38.2 Å². The van der Waals surface area contributed by atoms with Crippen molar-refractivity contribution >= 4 is 23.2 Å². The lowest BCUT2D eigenvalue weighted by Gasteiger charge is -2.50. The molecular formula is C31H43N3O7. The molecule has 1 amide bonds. The predicted molar refractivity (Wildman–Crippen MR) is 154 cm³/mol. The quantitative estimate of drug-likeness (QED) is 0.297. The highest BCUT2D eigenvalue weighted by Gasteiger charge is 2.64.